The van der Waals surface area contributed by atoms with Crippen molar-refractivity contribution >= 4 is 17.5 Å². The molecule has 0 spiro atoms. The second-order valence-electron chi connectivity index (χ2n) is 7.59. The van der Waals surface area contributed by atoms with Crippen LogP contribution in [-0.2, 0) is 17.6 Å². The standard InChI is InChI=1S/C20H24ClN3O/c1-13-22-17-10-12-24(19(25)20(2,3)4)11-9-16(17)18(23-13)14-5-7-15(21)8-6-14/h5-8H,9-12H2,1-4H3. The number of amides is 1. The molecule has 1 aliphatic heterocycles. The first-order chi connectivity index (χ1) is 11.8. The first kappa shape index (κ1) is 17.9. The third-order valence-electron chi connectivity index (χ3n) is 4.50. The predicted octanol–water partition coefficient (Wildman–Crippen LogP) is 4.08. The fraction of sp³-hybridized carbons (Fsp3) is 0.450. The number of halogens is 1. The zero-order valence-electron chi connectivity index (χ0n) is 15.3. The Morgan fingerprint density at radius 2 is 1.72 bits per heavy atom. The lowest BCUT2D eigenvalue weighted by molar-refractivity contribution is -0.139. The second kappa shape index (κ2) is 6.75. The van der Waals surface area contributed by atoms with Crippen LogP contribution in [-0.4, -0.2) is 33.9 Å². The summed E-state index contributed by atoms with van der Waals surface area (Å²) in [5.74, 6) is 0.956. The van der Waals surface area contributed by atoms with Gasteiger partial charge in [0, 0.05) is 46.8 Å². The molecule has 0 bridgehead atoms. The minimum Gasteiger partial charge on any atom is -0.342 e. The average Bonchev–Trinajstić information content (AvgIpc) is 2.76. The van der Waals surface area contributed by atoms with Crippen molar-refractivity contribution in [3.63, 3.8) is 0 Å². The topological polar surface area (TPSA) is 46.1 Å². The normalized spacial score (nSPS) is 14.8. The van der Waals surface area contributed by atoms with Gasteiger partial charge in [0.1, 0.15) is 5.82 Å². The molecule has 25 heavy (non-hydrogen) atoms. The summed E-state index contributed by atoms with van der Waals surface area (Å²) in [6.07, 6.45) is 1.54. The monoisotopic (exact) mass is 357 g/mol. The molecule has 132 valence electrons. The summed E-state index contributed by atoms with van der Waals surface area (Å²) in [6, 6.07) is 7.75. The summed E-state index contributed by atoms with van der Waals surface area (Å²) in [4.78, 5) is 24.0. The van der Waals surface area contributed by atoms with Gasteiger partial charge in [-0.05, 0) is 25.5 Å². The zero-order chi connectivity index (χ0) is 18.2. The number of hydrogen-bond acceptors (Lipinski definition) is 3. The molecule has 0 saturated carbocycles. The maximum absolute atomic E-state index is 12.7. The smallest absolute Gasteiger partial charge is 0.227 e. The van der Waals surface area contributed by atoms with Crippen molar-refractivity contribution in [1.82, 2.24) is 14.9 Å². The summed E-state index contributed by atoms with van der Waals surface area (Å²) in [5, 5.41) is 0.711. The Bertz CT molecular complexity index is 794. The molecule has 1 aromatic carbocycles. The molecule has 0 N–H and O–H groups in total. The van der Waals surface area contributed by atoms with Crippen molar-refractivity contribution in [2.24, 2.45) is 5.41 Å². The van der Waals surface area contributed by atoms with E-state index in [0.29, 0.717) is 18.1 Å². The summed E-state index contributed by atoms with van der Waals surface area (Å²) in [5.41, 5.74) is 3.85. The molecule has 0 fully saturated rings. The number of hydrogen-bond donors (Lipinski definition) is 0. The second-order valence-corrected chi connectivity index (χ2v) is 8.03. The Labute approximate surface area is 154 Å². The van der Waals surface area contributed by atoms with Crippen LogP contribution < -0.4 is 0 Å². The van der Waals surface area contributed by atoms with Gasteiger partial charge in [-0.2, -0.15) is 0 Å². The molecule has 3 rings (SSSR count). The number of aryl methyl sites for hydroxylation is 1. The molecule has 0 unspecified atom stereocenters. The minimum atomic E-state index is -0.364. The lowest BCUT2D eigenvalue weighted by Crippen LogP contribution is -2.40. The van der Waals surface area contributed by atoms with Crippen molar-refractivity contribution in [2.75, 3.05) is 13.1 Å². The Morgan fingerprint density at radius 3 is 2.36 bits per heavy atom. The Kier molecular flexibility index (Phi) is 4.83. The van der Waals surface area contributed by atoms with Gasteiger partial charge in [-0.1, -0.05) is 44.5 Å². The molecule has 0 saturated heterocycles. The van der Waals surface area contributed by atoms with Gasteiger partial charge in [0.2, 0.25) is 5.91 Å². The van der Waals surface area contributed by atoms with E-state index in [-0.39, 0.29) is 11.3 Å². The summed E-state index contributed by atoms with van der Waals surface area (Å²) in [7, 11) is 0. The molecule has 1 amide bonds. The third-order valence-corrected chi connectivity index (χ3v) is 4.75. The van der Waals surface area contributed by atoms with Crippen LogP contribution in [0.1, 0.15) is 37.9 Å². The first-order valence-electron chi connectivity index (χ1n) is 8.67. The van der Waals surface area contributed by atoms with Crippen LogP contribution in [0, 0.1) is 12.3 Å². The van der Waals surface area contributed by atoms with E-state index >= 15 is 0 Å². The highest BCUT2D eigenvalue weighted by Crippen LogP contribution is 2.28. The van der Waals surface area contributed by atoms with E-state index < -0.39 is 0 Å². The lowest BCUT2D eigenvalue weighted by atomic mass is 9.94. The molecule has 0 radical (unpaired) electrons. The van der Waals surface area contributed by atoms with Crippen LogP contribution in [0.15, 0.2) is 24.3 Å². The zero-order valence-corrected chi connectivity index (χ0v) is 16.0. The van der Waals surface area contributed by atoms with Crippen molar-refractivity contribution in [1.29, 1.82) is 0 Å². The molecule has 1 aromatic heterocycles. The molecular formula is C20H24ClN3O. The first-order valence-corrected chi connectivity index (χ1v) is 9.05. The molecule has 0 aliphatic carbocycles. The SMILES string of the molecule is Cc1nc2c(c(-c3ccc(Cl)cc3)n1)CCN(C(=O)C(C)(C)C)CC2. The van der Waals surface area contributed by atoms with Crippen LogP contribution in [0.2, 0.25) is 5.02 Å². The summed E-state index contributed by atoms with van der Waals surface area (Å²) in [6.45, 7) is 9.24. The number of fused-ring (bicyclic) bond motifs is 1. The molecule has 0 atom stereocenters. The van der Waals surface area contributed by atoms with Gasteiger partial charge in [0.15, 0.2) is 0 Å². The molecular weight excluding hydrogens is 334 g/mol. The van der Waals surface area contributed by atoms with Gasteiger partial charge < -0.3 is 4.90 Å². The van der Waals surface area contributed by atoms with E-state index in [9.17, 15) is 4.79 Å². The number of benzene rings is 1. The molecule has 1 aliphatic rings. The van der Waals surface area contributed by atoms with Crippen LogP contribution in [0.4, 0.5) is 0 Å². The highest BCUT2D eigenvalue weighted by molar-refractivity contribution is 6.30. The largest absolute Gasteiger partial charge is 0.342 e. The van der Waals surface area contributed by atoms with Gasteiger partial charge in [-0.15, -0.1) is 0 Å². The average molecular weight is 358 g/mol. The van der Waals surface area contributed by atoms with Crippen LogP contribution >= 0.6 is 11.6 Å². The molecule has 5 heteroatoms. The maximum atomic E-state index is 12.7. The van der Waals surface area contributed by atoms with E-state index in [1.165, 1.54) is 0 Å². The van der Waals surface area contributed by atoms with Crippen molar-refractivity contribution in [2.45, 2.75) is 40.5 Å². The van der Waals surface area contributed by atoms with Gasteiger partial charge in [0.25, 0.3) is 0 Å². The number of carbonyl (C=O) groups excluding carboxylic acids is 1. The predicted molar refractivity (Wildman–Crippen MR) is 101 cm³/mol. The van der Waals surface area contributed by atoms with Gasteiger partial charge >= 0.3 is 0 Å². The van der Waals surface area contributed by atoms with Gasteiger partial charge in [-0.3, -0.25) is 4.79 Å². The van der Waals surface area contributed by atoms with Crippen molar-refractivity contribution < 1.29 is 4.79 Å². The minimum absolute atomic E-state index is 0.193. The van der Waals surface area contributed by atoms with E-state index in [4.69, 9.17) is 11.6 Å². The van der Waals surface area contributed by atoms with Crippen molar-refractivity contribution in [3.8, 4) is 11.3 Å². The van der Waals surface area contributed by atoms with E-state index in [1.807, 2.05) is 56.9 Å². The number of carbonyl (C=O) groups is 1. The van der Waals surface area contributed by atoms with Gasteiger partial charge in [0.05, 0.1) is 5.69 Å². The lowest BCUT2D eigenvalue weighted by Gasteiger charge is -2.28. The fourth-order valence-corrected chi connectivity index (χ4v) is 3.37. The van der Waals surface area contributed by atoms with Gasteiger partial charge in [-0.25, -0.2) is 9.97 Å². The summed E-state index contributed by atoms with van der Waals surface area (Å²) >= 11 is 6.02. The quantitative estimate of drug-likeness (QED) is 0.772. The van der Waals surface area contributed by atoms with Crippen LogP contribution in [0.5, 0.6) is 0 Å². The molecule has 2 heterocycles. The number of rotatable bonds is 1. The fourth-order valence-electron chi connectivity index (χ4n) is 3.25. The van der Waals surface area contributed by atoms with Crippen LogP contribution in [0.25, 0.3) is 11.3 Å². The Morgan fingerprint density at radius 1 is 1.08 bits per heavy atom. The van der Waals surface area contributed by atoms with Crippen LogP contribution in [0.3, 0.4) is 0 Å². The Balaban J connectivity index is 1.96. The highest BCUT2D eigenvalue weighted by atomic mass is 35.5. The molecule has 4 nitrogen and oxygen atoms in total. The maximum Gasteiger partial charge on any atom is 0.227 e. The van der Waals surface area contributed by atoms with Crippen molar-refractivity contribution in [3.05, 3.63) is 46.4 Å². The number of aromatic nitrogens is 2. The van der Waals surface area contributed by atoms with E-state index in [0.717, 1.165) is 41.2 Å². The highest BCUT2D eigenvalue weighted by Gasteiger charge is 2.29. The third kappa shape index (κ3) is 3.84. The summed E-state index contributed by atoms with van der Waals surface area (Å²) < 4.78 is 0. The Hall–Kier alpha value is -1.94. The van der Waals surface area contributed by atoms with E-state index in [1.54, 1.807) is 0 Å². The van der Waals surface area contributed by atoms with E-state index in [2.05, 4.69) is 9.97 Å². The number of nitrogens with zero attached hydrogens (tertiary/aromatic N) is 3. The molecule has 2 aromatic rings.